The molecule has 0 aromatic heterocycles. The predicted molar refractivity (Wildman–Crippen MR) is 78.7 cm³/mol. The Bertz CT molecular complexity index is 270. The molecule has 2 unspecified atom stereocenters. The van der Waals surface area contributed by atoms with Gasteiger partial charge in [0.1, 0.15) is 0 Å². The van der Waals surface area contributed by atoms with E-state index in [-0.39, 0.29) is 0 Å². The zero-order valence-corrected chi connectivity index (χ0v) is 13.4. The average molecular weight is 259 g/mol. The second-order valence-corrected chi connectivity index (χ2v) is 8.93. The largest absolute Gasteiger partial charge is 0.271 e. The molecule has 1 heterocycles. The topological polar surface area (TPSA) is 18.8 Å². The van der Waals surface area contributed by atoms with E-state index in [9.17, 15) is 0 Å². The summed E-state index contributed by atoms with van der Waals surface area (Å²) < 4.78 is 10.4. The highest BCUT2D eigenvalue weighted by molar-refractivity contribution is 7.62. The van der Waals surface area contributed by atoms with Crippen molar-refractivity contribution >= 4 is 7.36 Å². The van der Waals surface area contributed by atoms with E-state index in [4.69, 9.17) is 4.74 Å². The van der Waals surface area contributed by atoms with Gasteiger partial charge in [-0.2, -0.15) is 0 Å². The summed E-state index contributed by atoms with van der Waals surface area (Å²) in [5, 5.41) is 0. The average Bonchev–Trinajstić information content (AvgIpc) is 2.26. The van der Waals surface area contributed by atoms with Gasteiger partial charge in [-0.25, -0.2) is 0 Å². The molecule has 0 bridgehead atoms. The SMILES string of the molecule is CCN(CC)P1(=NC(C)C)C(C)CCCN1C. The quantitative estimate of drug-likeness (QED) is 0.713. The Morgan fingerprint density at radius 2 is 1.94 bits per heavy atom. The summed E-state index contributed by atoms with van der Waals surface area (Å²) in [6, 6.07) is 0.437. The fourth-order valence-corrected chi connectivity index (χ4v) is 7.71. The number of rotatable bonds is 4. The Kier molecular flexibility index (Phi) is 5.69. The normalized spacial score (nSPS) is 31.2. The zero-order valence-electron chi connectivity index (χ0n) is 12.5. The summed E-state index contributed by atoms with van der Waals surface area (Å²) in [5.41, 5.74) is 0.726. The fourth-order valence-electron chi connectivity index (χ4n) is 3.02. The van der Waals surface area contributed by atoms with Gasteiger partial charge in [0.05, 0.1) is 7.36 Å². The summed E-state index contributed by atoms with van der Waals surface area (Å²) in [5.74, 6) is 0. The first-order valence-electron chi connectivity index (χ1n) is 7.07. The first-order valence-corrected chi connectivity index (χ1v) is 8.78. The Morgan fingerprint density at radius 3 is 2.35 bits per heavy atom. The van der Waals surface area contributed by atoms with Crippen molar-refractivity contribution in [3.05, 3.63) is 0 Å². The number of hydrogen-bond acceptors (Lipinski definition) is 1. The van der Waals surface area contributed by atoms with Gasteiger partial charge in [0, 0.05) is 31.3 Å². The van der Waals surface area contributed by atoms with Gasteiger partial charge >= 0.3 is 0 Å². The van der Waals surface area contributed by atoms with E-state index in [1.165, 1.54) is 19.4 Å². The van der Waals surface area contributed by atoms with Gasteiger partial charge in [-0.15, -0.1) is 0 Å². The van der Waals surface area contributed by atoms with Gasteiger partial charge in [-0.05, 0) is 33.7 Å². The van der Waals surface area contributed by atoms with Gasteiger partial charge in [0.15, 0.2) is 0 Å². The minimum Gasteiger partial charge on any atom is -0.271 e. The highest BCUT2D eigenvalue weighted by Gasteiger charge is 2.38. The van der Waals surface area contributed by atoms with Crippen LogP contribution in [0.5, 0.6) is 0 Å². The van der Waals surface area contributed by atoms with Crippen LogP contribution in [0.2, 0.25) is 0 Å². The first-order chi connectivity index (χ1) is 7.98. The standard InChI is InChI=1S/C13H30N3P/c1-7-16(8-2)17(14-12(3)4)13(5)10-9-11-15(17)6/h12-13H,7-11H2,1-6H3. The molecular weight excluding hydrogens is 229 g/mol. The van der Waals surface area contributed by atoms with E-state index in [1.807, 2.05) is 0 Å². The minimum absolute atomic E-state index is 0.437. The molecule has 2 atom stereocenters. The van der Waals surface area contributed by atoms with E-state index in [1.54, 1.807) is 0 Å². The maximum atomic E-state index is 5.23. The highest BCUT2D eigenvalue weighted by Crippen LogP contribution is 2.63. The van der Waals surface area contributed by atoms with E-state index >= 15 is 0 Å². The van der Waals surface area contributed by atoms with Crippen LogP contribution in [0.4, 0.5) is 0 Å². The van der Waals surface area contributed by atoms with Gasteiger partial charge in [-0.3, -0.25) is 14.1 Å². The fraction of sp³-hybridized carbons (Fsp3) is 1.00. The smallest absolute Gasteiger partial charge is 0.0996 e. The molecule has 0 N–H and O–H groups in total. The molecule has 0 amide bonds. The van der Waals surface area contributed by atoms with Crippen molar-refractivity contribution in [1.82, 2.24) is 9.34 Å². The van der Waals surface area contributed by atoms with Crippen LogP contribution in [0.3, 0.4) is 0 Å². The lowest BCUT2D eigenvalue weighted by molar-refractivity contribution is 0.383. The monoisotopic (exact) mass is 259 g/mol. The summed E-state index contributed by atoms with van der Waals surface area (Å²) in [4.78, 5) is 0. The molecule has 4 heteroatoms. The molecule has 0 radical (unpaired) electrons. The number of hydrogen-bond donors (Lipinski definition) is 0. The Morgan fingerprint density at radius 1 is 1.35 bits per heavy atom. The molecule has 1 aliphatic rings. The minimum atomic E-state index is -1.45. The van der Waals surface area contributed by atoms with Crippen molar-refractivity contribution in [2.24, 2.45) is 4.74 Å². The van der Waals surface area contributed by atoms with E-state index in [2.05, 4.69) is 51.0 Å². The molecule has 0 saturated carbocycles. The molecule has 1 aliphatic heterocycles. The number of nitrogens with zero attached hydrogens (tertiary/aromatic N) is 3. The third kappa shape index (κ3) is 2.94. The van der Waals surface area contributed by atoms with Crippen molar-refractivity contribution in [3.8, 4) is 0 Å². The maximum Gasteiger partial charge on any atom is 0.0996 e. The molecule has 0 spiro atoms. The summed E-state index contributed by atoms with van der Waals surface area (Å²) in [7, 11) is 0.838. The Hall–Kier alpha value is 0.150. The van der Waals surface area contributed by atoms with Crippen LogP contribution >= 0.6 is 7.36 Å². The van der Waals surface area contributed by atoms with Crippen LogP contribution in [0, 0.1) is 0 Å². The molecule has 0 aromatic carbocycles. The molecule has 1 saturated heterocycles. The third-order valence-corrected chi connectivity index (χ3v) is 8.59. The summed E-state index contributed by atoms with van der Waals surface area (Å²) in [6.45, 7) is 14.9. The molecule has 1 fully saturated rings. The van der Waals surface area contributed by atoms with Crippen LogP contribution in [0.15, 0.2) is 4.74 Å². The Balaban J connectivity index is 3.24. The second-order valence-electron chi connectivity index (χ2n) is 5.34. The lowest BCUT2D eigenvalue weighted by atomic mass is 10.2. The lowest BCUT2D eigenvalue weighted by Gasteiger charge is -2.49. The van der Waals surface area contributed by atoms with Crippen LogP contribution in [-0.2, 0) is 0 Å². The van der Waals surface area contributed by atoms with E-state index in [0.717, 1.165) is 18.7 Å². The van der Waals surface area contributed by atoms with Crippen molar-refractivity contribution in [2.75, 3.05) is 26.7 Å². The van der Waals surface area contributed by atoms with Gasteiger partial charge in [0.25, 0.3) is 0 Å². The van der Waals surface area contributed by atoms with Crippen LogP contribution in [0.25, 0.3) is 0 Å². The third-order valence-electron chi connectivity index (χ3n) is 3.74. The molecule has 0 aromatic rings. The molecule has 0 aliphatic carbocycles. The van der Waals surface area contributed by atoms with Crippen molar-refractivity contribution in [3.63, 3.8) is 0 Å². The summed E-state index contributed by atoms with van der Waals surface area (Å²) in [6.07, 6.45) is 2.67. The van der Waals surface area contributed by atoms with Crippen molar-refractivity contribution in [1.29, 1.82) is 0 Å². The van der Waals surface area contributed by atoms with E-state index in [0.29, 0.717) is 6.04 Å². The maximum absolute atomic E-state index is 5.23. The van der Waals surface area contributed by atoms with Crippen LogP contribution < -0.4 is 0 Å². The van der Waals surface area contributed by atoms with Gasteiger partial charge in [-0.1, -0.05) is 20.8 Å². The van der Waals surface area contributed by atoms with Gasteiger partial charge < -0.3 is 0 Å². The molecule has 3 nitrogen and oxygen atoms in total. The van der Waals surface area contributed by atoms with Crippen molar-refractivity contribution in [2.45, 2.75) is 59.2 Å². The highest BCUT2D eigenvalue weighted by atomic mass is 31.2. The van der Waals surface area contributed by atoms with Crippen molar-refractivity contribution < 1.29 is 0 Å². The Labute approximate surface area is 108 Å². The molecular formula is C13H30N3P. The van der Waals surface area contributed by atoms with Crippen LogP contribution in [-0.4, -0.2) is 47.7 Å². The molecule has 17 heavy (non-hydrogen) atoms. The first kappa shape index (κ1) is 15.2. The molecule has 102 valence electrons. The van der Waals surface area contributed by atoms with Crippen LogP contribution in [0.1, 0.15) is 47.5 Å². The predicted octanol–water partition coefficient (Wildman–Crippen LogP) is 3.88. The zero-order chi connectivity index (χ0) is 13.1. The molecule has 1 rings (SSSR count). The van der Waals surface area contributed by atoms with Gasteiger partial charge in [0.2, 0.25) is 0 Å². The lowest BCUT2D eigenvalue weighted by Crippen LogP contribution is -2.39. The summed E-state index contributed by atoms with van der Waals surface area (Å²) >= 11 is 0. The van der Waals surface area contributed by atoms with E-state index < -0.39 is 7.36 Å². The second kappa shape index (κ2) is 6.36.